The summed E-state index contributed by atoms with van der Waals surface area (Å²) in [5.41, 5.74) is 2.03. The van der Waals surface area contributed by atoms with Gasteiger partial charge in [-0.05, 0) is 62.2 Å². The average Bonchev–Trinajstić information content (AvgIpc) is 3.17. The zero-order valence-corrected chi connectivity index (χ0v) is 20.3. The molecule has 0 aromatic rings. The van der Waals surface area contributed by atoms with Crippen molar-refractivity contribution in [2.75, 3.05) is 6.61 Å². The minimum absolute atomic E-state index is 0.143. The highest BCUT2D eigenvalue weighted by Gasteiger charge is 2.67. The highest BCUT2D eigenvalue weighted by atomic mass is 16.7. The van der Waals surface area contributed by atoms with Gasteiger partial charge in [-0.2, -0.15) is 0 Å². The fraction of sp³-hybridized carbons (Fsp3) is 0.926. The van der Waals surface area contributed by atoms with Gasteiger partial charge in [0.1, 0.15) is 0 Å². The van der Waals surface area contributed by atoms with Crippen molar-refractivity contribution < 1.29 is 24.8 Å². The van der Waals surface area contributed by atoms with Crippen molar-refractivity contribution in [1.82, 2.24) is 0 Å². The number of hydrogen-bond acceptors (Lipinski definition) is 5. The Morgan fingerprint density at radius 1 is 0.969 bits per heavy atom. The van der Waals surface area contributed by atoms with E-state index in [0.717, 1.165) is 38.7 Å². The maximum atomic E-state index is 11.6. The number of aliphatic hydroxyl groups excluding tert-OH is 2. The Kier molecular flexibility index (Phi) is 4.69. The van der Waals surface area contributed by atoms with Crippen LogP contribution in [0.1, 0.15) is 85.5 Å². The van der Waals surface area contributed by atoms with E-state index in [-0.39, 0.29) is 22.7 Å². The molecule has 6 aliphatic rings. The molecule has 1 spiro atoms. The Bertz CT molecular complexity index is 830. The summed E-state index contributed by atoms with van der Waals surface area (Å²) in [5, 5.41) is 32.5. The molecule has 0 unspecified atom stereocenters. The van der Waals surface area contributed by atoms with Crippen LogP contribution in [0.15, 0.2) is 11.1 Å². The van der Waals surface area contributed by atoms with Crippen LogP contribution in [0, 0.1) is 34.5 Å². The summed E-state index contributed by atoms with van der Waals surface area (Å²) < 4.78 is 13.2. The van der Waals surface area contributed by atoms with Crippen LogP contribution in [0.4, 0.5) is 0 Å². The minimum atomic E-state index is -0.886. The van der Waals surface area contributed by atoms with E-state index in [4.69, 9.17) is 9.47 Å². The first-order valence-corrected chi connectivity index (χ1v) is 13.2. The number of fused-ring (bicyclic) bond motifs is 6. The zero-order chi connectivity index (χ0) is 22.7. The van der Waals surface area contributed by atoms with E-state index in [2.05, 4.69) is 27.7 Å². The number of allylic oxidation sites excluding steroid dienone is 1. The Labute approximate surface area is 192 Å². The molecular formula is C27H42O5. The maximum Gasteiger partial charge on any atom is 0.171 e. The van der Waals surface area contributed by atoms with Gasteiger partial charge in [-0.25, -0.2) is 0 Å². The second kappa shape index (κ2) is 6.81. The first-order valence-electron chi connectivity index (χ1n) is 13.2. The number of aliphatic hydroxyl groups is 3. The van der Waals surface area contributed by atoms with Crippen LogP contribution in [0.3, 0.4) is 0 Å². The Morgan fingerprint density at radius 3 is 2.44 bits per heavy atom. The van der Waals surface area contributed by atoms with Crippen LogP contribution in [-0.2, 0) is 9.47 Å². The van der Waals surface area contributed by atoms with Gasteiger partial charge >= 0.3 is 0 Å². The highest BCUT2D eigenvalue weighted by Crippen LogP contribution is 2.69. The third-order valence-corrected chi connectivity index (χ3v) is 11.4. The molecule has 2 saturated heterocycles. The molecule has 180 valence electrons. The summed E-state index contributed by atoms with van der Waals surface area (Å²) in [7, 11) is 0. The first kappa shape index (κ1) is 22.0. The van der Waals surface area contributed by atoms with Gasteiger partial charge in [-0.1, -0.05) is 38.8 Å². The Hall–Kier alpha value is -0.460. The molecular weight excluding hydrogens is 404 g/mol. The van der Waals surface area contributed by atoms with E-state index in [1.807, 2.05) is 0 Å². The third-order valence-electron chi connectivity index (χ3n) is 11.4. The fourth-order valence-corrected chi connectivity index (χ4v) is 9.48. The third kappa shape index (κ3) is 2.64. The summed E-state index contributed by atoms with van der Waals surface area (Å²) in [5.74, 6) is 1.41. The zero-order valence-electron chi connectivity index (χ0n) is 20.3. The van der Waals surface area contributed by atoms with Crippen LogP contribution < -0.4 is 0 Å². The second-order valence-electron chi connectivity index (χ2n) is 12.9. The monoisotopic (exact) mass is 446 g/mol. The first-order chi connectivity index (χ1) is 15.0. The summed E-state index contributed by atoms with van der Waals surface area (Å²) in [4.78, 5) is 0. The van der Waals surface area contributed by atoms with Crippen LogP contribution in [0.5, 0.6) is 0 Å². The predicted octanol–water partition coefficient (Wildman–Crippen LogP) is 3.94. The molecule has 0 aromatic carbocycles. The molecule has 11 atom stereocenters. The molecule has 2 aliphatic heterocycles. The van der Waals surface area contributed by atoms with Gasteiger partial charge in [0.05, 0.1) is 30.5 Å². The molecule has 2 heterocycles. The Balaban J connectivity index is 1.34. The van der Waals surface area contributed by atoms with E-state index in [1.165, 1.54) is 6.42 Å². The maximum absolute atomic E-state index is 11.6. The molecule has 3 saturated carbocycles. The van der Waals surface area contributed by atoms with Gasteiger partial charge in [0.15, 0.2) is 5.79 Å². The van der Waals surface area contributed by atoms with E-state index in [0.29, 0.717) is 42.9 Å². The van der Waals surface area contributed by atoms with Gasteiger partial charge in [-0.3, -0.25) is 0 Å². The smallest absolute Gasteiger partial charge is 0.171 e. The molecule has 5 heteroatoms. The summed E-state index contributed by atoms with van der Waals surface area (Å²) in [6.45, 7) is 10.1. The van der Waals surface area contributed by atoms with Gasteiger partial charge in [0, 0.05) is 30.1 Å². The molecule has 32 heavy (non-hydrogen) atoms. The SMILES string of the molecule is C[C@@H]1CC[C@@]2(OC1)O[C@H]1CC3=C4CC[C@@]5(O)C[C@@H](O)[C@H](O)C[C@]5(C)[C@H]4CC[C@]3(C)[C@H]1[C@@H]2C. The van der Waals surface area contributed by atoms with Crippen LogP contribution >= 0.6 is 0 Å². The van der Waals surface area contributed by atoms with Gasteiger partial charge in [0.25, 0.3) is 0 Å². The van der Waals surface area contributed by atoms with Crippen LogP contribution in [-0.4, -0.2) is 51.6 Å². The van der Waals surface area contributed by atoms with Crippen LogP contribution in [0.2, 0.25) is 0 Å². The van der Waals surface area contributed by atoms with Crippen molar-refractivity contribution in [3.05, 3.63) is 11.1 Å². The molecule has 5 nitrogen and oxygen atoms in total. The minimum Gasteiger partial charge on any atom is -0.390 e. The standard InChI is InChI=1S/C27H42O5/c1-15-5-10-27(31-14-15)16(2)23-22(32-27)11-19-17-6-9-26(30)13-21(29)20(28)12-25(26,4)18(17)7-8-24(19,23)3/h15-16,18,20-23,28-30H,5-14H2,1-4H3/t15-,16+,18+,20-,21-,22+,23+,24+,25-,26-,27-/m1/s1. The van der Waals surface area contributed by atoms with Gasteiger partial charge in [-0.15, -0.1) is 0 Å². The number of rotatable bonds is 0. The summed E-state index contributed by atoms with van der Waals surface area (Å²) in [6, 6.07) is 0. The normalized spacial score (nSPS) is 59.5. The molecule has 0 bridgehead atoms. The predicted molar refractivity (Wildman–Crippen MR) is 121 cm³/mol. The van der Waals surface area contributed by atoms with E-state index < -0.39 is 17.8 Å². The lowest BCUT2D eigenvalue weighted by Gasteiger charge is -2.61. The lowest BCUT2D eigenvalue weighted by Crippen LogP contribution is -2.63. The molecule has 5 fully saturated rings. The lowest BCUT2D eigenvalue weighted by molar-refractivity contribution is -0.269. The van der Waals surface area contributed by atoms with E-state index in [1.54, 1.807) is 11.1 Å². The summed E-state index contributed by atoms with van der Waals surface area (Å²) in [6.07, 6.45) is 6.42. The van der Waals surface area contributed by atoms with Crippen molar-refractivity contribution in [1.29, 1.82) is 0 Å². The fourth-order valence-electron chi connectivity index (χ4n) is 9.48. The molecule has 4 aliphatic carbocycles. The molecule has 0 amide bonds. The Morgan fingerprint density at radius 2 is 1.72 bits per heavy atom. The summed E-state index contributed by atoms with van der Waals surface area (Å²) >= 11 is 0. The van der Waals surface area contributed by atoms with Crippen molar-refractivity contribution in [3.8, 4) is 0 Å². The molecule has 3 N–H and O–H groups in total. The molecule has 0 radical (unpaired) electrons. The highest BCUT2D eigenvalue weighted by molar-refractivity contribution is 5.38. The largest absolute Gasteiger partial charge is 0.390 e. The van der Waals surface area contributed by atoms with E-state index in [9.17, 15) is 15.3 Å². The second-order valence-corrected chi connectivity index (χ2v) is 12.9. The topological polar surface area (TPSA) is 79.2 Å². The van der Waals surface area contributed by atoms with Crippen molar-refractivity contribution in [2.45, 2.75) is 115 Å². The van der Waals surface area contributed by atoms with E-state index >= 15 is 0 Å². The lowest BCUT2D eigenvalue weighted by atomic mass is 9.46. The van der Waals surface area contributed by atoms with Crippen molar-refractivity contribution in [2.24, 2.45) is 34.5 Å². The van der Waals surface area contributed by atoms with Gasteiger partial charge < -0.3 is 24.8 Å². The van der Waals surface area contributed by atoms with Crippen molar-refractivity contribution in [3.63, 3.8) is 0 Å². The van der Waals surface area contributed by atoms with Crippen molar-refractivity contribution >= 4 is 0 Å². The molecule has 6 rings (SSSR count). The van der Waals surface area contributed by atoms with Crippen LogP contribution in [0.25, 0.3) is 0 Å². The van der Waals surface area contributed by atoms with Gasteiger partial charge in [0.2, 0.25) is 0 Å². The quantitative estimate of drug-likeness (QED) is 0.491. The number of hydrogen-bond donors (Lipinski definition) is 3. The number of ether oxygens (including phenoxy) is 2. The average molecular weight is 447 g/mol. The molecule has 0 aromatic heterocycles.